The van der Waals surface area contributed by atoms with Gasteiger partial charge in [-0.15, -0.1) is 0 Å². The van der Waals surface area contributed by atoms with Gasteiger partial charge in [0.25, 0.3) is 5.69 Å². The zero-order valence-electron chi connectivity index (χ0n) is 12.5. The molecule has 0 atom stereocenters. The second-order valence-corrected chi connectivity index (χ2v) is 5.17. The summed E-state index contributed by atoms with van der Waals surface area (Å²) >= 11 is 0. The average Bonchev–Trinajstić information content (AvgIpc) is 2.73. The monoisotopic (exact) mass is 308 g/mol. The van der Waals surface area contributed by atoms with Crippen LogP contribution in [0.4, 0.5) is 16.2 Å². The van der Waals surface area contributed by atoms with Gasteiger partial charge in [0.1, 0.15) is 0 Å². The number of amides is 2. The van der Waals surface area contributed by atoms with Crippen molar-refractivity contribution in [2.24, 2.45) is 5.73 Å². The summed E-state index contributed by atoms with van der Waals surface area (Å²) in [5.41, 5.74) is 7.04. The average molecular weight is 308 g/mol. The Bertz CT molecular complexity index is 564. The molecular weight excluding hydrogens is 288 g/mol. The van der Waals surface area contributed by atoms with E-state index >= 15 is 0 Å². The molecule has 1 aromatic rings. The number of urea groups is 1. The van der Waals surface area contributed by atoms with Gasteiger partial charge in [-0.2, -0.15) is 0 Å². The standard InChI is InChI=1S/C14H20N4O4/c1-22-10-11-9-12(18(20)21)3-4-13(11)16-5-2-6-17(8-7-16)14(15)19/h3-4,9H,2,5-8,10H2,1H3,(H2,15,19). The Balaban J connectivity index is 2.23. The molecule has 1 fully saturated rings. The van der Waals surface area contributed by atoms with Gasteiger partial charge >= 0.3 is 6.03 Å². The van der Waals surface area contributed by atoms with Crippen molar-refractivity contribution < 1.29 is 14.5 Å². The highest BCUT2D eigenvalue weighted by molar-refractivity contribution is 5.72. The first-order valence-electron chi connectivity index (χ1n) is 7.08. The molecule has 0 aromatic heterocycles. The summed E-state index contributed by atoms with van der Waals surface area (Å²) in [7, 11) is 1.56. The van der Waals surface area contributed by atoms with E-state index in [1.54, 1.807) is 18.1 Å². The number of nitrogens with two attached hydrogens (primary N) is 1. The van der Waals surface area contributed by atoms with E-state index < -0.39 is 11.0 Å². The molecule has 1 aromatic carbocycles. The van der Waals surface area contributed by atoms with Crippen molar-refractivity contribution in [3.63, 3.8) is 0 Å². The predicted octanol–water partition coefficient (Wildman–Crippen LogP) is 1.33. The van der Waals surface area contributed by atoms with Crippen molar-refractivity contribution >= 4 is 17.4 Å². The Morgan fingerprint density at radius 1 is 1.36 bits per heavy atom. The fraction of sp³-hybridized carbons (Fsp3) is 0.500. The smallest absolute Gasteiger partial charge is 0.314 e. The van der Waals surface area contributed by atoms with Crippen LogP contribution in [0.3, 0.4) is 0 Å². The number of anilines is 1. The van der Waals surface area contributed by atoms with E-state index in [0.29, 0.717) is 26.2 Å². The highest BCUT2D eigenvalue weighted by atomic mass is 16.6. The zero-order chi connectivity index (χ0) is 16.1. The van der Waals surface area contributed by atoms with Crippen LogP contribution < -0.4 is 10.6 Å². The highest BCUT2D eigenvalue weighted by Crippen LogP contribution is 2.27. The van der Waals surface area contributed by atoms with Gasteiger partial charge in [-0.25, -0.2) is 4.79 Å². The zero-order valence-corrected chi connectivity index (χ0v) is 12.5. The lowest BCUT2D eigenvalue weighted by atomic mass is 10.1. The number of carbonyl (C=O) groups is 1. The fourth-order valence-electron chi connectivity index (χ4n) is 2.64. The minimum absolute atomic E-state index is 0.0457. The third-order valence-electron chi connectivity index (χ3n) is 3.72. The second-order valence-electron chi connectivity index (χ2n) is 5.17. The molecule has 1 aliphatic rings. The van der Waals surface area contributed by atoms with Gasteiger partial charge in [0, 0.05) is 56.7 Å². The number of nitro groups is 1. The van der Waals surface area contributed by atoms with Crippen LogP contribution in [0.25, 0.3) is 0 Å². The first-order valence-corrected chi connectivity index (χ1v) is 7.08. The number of ether oxygens (including phenoxy) is 1. The maximum Gasteiger partial charge on any atom is 0.314 e. The highest BCUT2D eigenvalue weighted by Gasteiger charge is 2.20. The molecule has 1 saturated heterocycles. The normalized spacial score (nSPS) is 15.5. The van der Waals surface area contributed by atoms with Crippen LogP contribution in [-0.4, -0.2) is 49.1 Å². The number of carbonyl (C=O) groups excluding carboxylic acids is 1. The molecule has 0 unspecified atom stereocenters. The van der Waals surface area contributed by atoms with Gasteiger partial charge in [-0.05, 0) is 12.5 Å². The maximum atomic E-state index is 11.3. The fourth-order valence-corrected chi connectivity index (χ4v) is 2.64. The first-order chi connectivity index (χ1) is 10.5. The minimum Gasteiger partial charge on any atom is -0.380 e. The van der Waals surface area contributed by atoms with Gasteiger partial charge in [0.05, 0.1) is 11.5 Å². The van der Waals surface area contributed by atoms with Crippen molar-refractivity contribution in [2.45, 2.75) is 13.0 Å². The van der Waals surface area contributed by atoms with Crippen LogP contribution >= 0.6 is 0 Å². The maximum absolute atomic E-state index is 11.3. The number of rotatable bonds is 4. The molecule has 8 heteroatoms. The van der Waals surface area contributed by atoms with Gasteiger partial charge in [0.15, 0.2) is 0 Å². The van der Waals surface area contributed by atoms with Crippen molar-refractivity contribution in [2.75, 3.05) is 38.2 Å². The summed E-state index contributed by atoms with van der Waals surface area (Å²) in [5.74, 6) is 0. The number of nitrogens with zero attached hydrogens (tertiary/aromatic N) is 3. The van der Waals surface area contributed by atoms with E-state index in [1.807, 2.05) is 0 Å². The summed E-state index contributed by atoms with van der Waals surface area (Å²) in [6, 6.07) is 4.36. The molecule has 1 heterocycles. The molecule has 2 amide bonds. The second kappa shape index (κ2) is 7.08. The van der Waals surface area contributed by atoms with E-state index in [2.05, 4.69) is 4.90 Å². The Morgan fingerprint density at radius 2 is 2.14 bits per heavy atom. The Hall–Kier alpha value is -2.35. The molecule has 0 radical (unpaired) electrons. The molecule has 0 aliphatic carbocycles. The van der Waals surface area contributed by atoms with E-state index in [1.165, 1.54) is 12.1 Å². The van der Waals surface area contributed by atoms with E-state index in [0.717, 1.165) is 24.2 Å². The Labute approximate surface area is 128 Å². The topological polar surface area (TPSA) is 102 Å². The third-order valence-corrected chi connectivity index (χ3v) is 3.72. The Kier molecular flexibility index (Phi) is 5.16. The minimum atomic E-state index is -0.416. The van der Waals surface area contributed by atoms with Crippen LogP contribution in [0.2, 0.25) is 0 Å². The number of nitro benzene ring substituents is 1. The SMILES string of the molecule is COCc1cc([N+](=O)[O-])ccc1N1CCCN(C(N)=O)CC1. The number of hydrogen-bond acceptors (Lipinski definition) is 5. The summed E-state index contributed by atoms with van der Waals surface area (Å²) < 4.78 is 5.15. The van der Waals surface area contributed by atoms with Crippen LogP contribution in [0, 0.1) is 10.1 Å². The molecule has 120 valence electrons. The molecule has 0 spiro atoms. The van der Waals surface area contributed by atoms with Crippen molar-refractivity contribution in [1.82, 2.24) is 4.90 Å². The third kappa shape index (κ3) is 3.64. The van der Waals surface area contributed by atoms with E-state index in [-0.39, 0.29) is 5.69 Å². The van der Waals surface area contributed by atoms with Gasteiger partial charge < -0.3 is 20.3 Å². The molecule has 2 rings (SSSR count). The lowest BCUT2D eigenvalue weighted by Crippen LogP contribution is -2.38. The molecule has 1 aliphatic heterocycles. The number of methoxy groups -OCH3 is 1. The Morgan fingerprint density at radius 3 is 2.77 bits per heavy atom. The lowest BCUT2D eigenvalue weighted by molar-refractivity contribution is -0.384. The first kappa shape index (κ1) is 16.0. The number of primary amides is 1. The van der Waals surface area contributed by atoms with Crippen LogP contribution in [-0.2, 0) is 11.3 Å². The van der Waals surface area contributed by atoms with Gasteiger partial charge in [-0.1, -0.05) is 0 Å². The number of benzene rings is 1. The number of hydrogen-bond donors (Lipinski definition) is 1. The summed E-state index contributed by atoms with van der Waals surface area (Å²) in [6.45, 7) is 2.86. The predicted molar refractivity (Wildman–Crippen MR) is 81.8 cm³/mol. The summed E-state index contributed by atoms with van der Waals surface area (Å²) in [6.07, 6.45) is 0.798. The van der Waals surface area contributed by atoms with Crippen molar-refractivity contribution in [3.05, 3.63) is 33.9 Å². The quantitative estimate of drug-likeness (QED) is 0.668. The van der Waals surface area contributed by atoms with Gasteiger partial charge in [0.2, 0.25) is 0 Å². The summed E-state index contributed by atoms with van der Waals surface area (Å²) in [5, 5.41) is 10.9. The van der Waals surface area contributed by atoms with E-state index in [9.17, 15) is 14.9 Å². The van der Waals surface area contributed by atoms with Crippen LogP contribution in [0.5, 0.6) is 0 Å². The van der Waals surface area contributed by atoms with Crippen molar-refractivity contribution in [1.29, 1.82) is 0 Å². The van der Waals surface area contributed by atoms with Crippen LogP contribution in [0.1, 0.15) is 12.0 Å². The lowest BCUT2D eigenvalue weighted by Gasteiger charge is -2.25. The molecular formula is C14H20N4O4. The molecule has 0 saturated carbocycles. The van der Waals surface area contributed by atoms with Crippen molar-refractivity contribution in [3.8, 4) is 0 Å². The summed E-state index contributed by atoms with van der Waals surface area (Å²) in [4.78, 5) is 25.5. The molecule has 8 nitrogen and oxygen atoms in total. The van der Waals surface area contributed by atoms with E-state index in [4.69, 9.17) is 10.5 Å². The molecule has 0 bridgehead atoms. The molecule has 22 heavy (non-hydrogen) atoms. The number of non-ortho nitro benzene ring substituents is 1. The largest absolute Gasteiger partial charge is 0.380 e. The van der Waals surface area contributed by atoms with Crippen LogP contribution in [0.15, 0.2) is 18.2 Å². The van der Waals surface area contributed by atoms with Gasteiger partial charge in [-0.3, -0.25) is 10.1 Å². The molecule has 2 N–H and O–H groups in total.